The van der Waals surface area contributed by atoms with Crippen molar-refractivity contribution in [2.75, 3.05) is 19.7 Å². The predicted molar refractivity (Wildman–Crippen MR) is 75.4 cm³/mol. The van der Waals surface area contributed by atoms with Gasteiger partial charge in [0.25, 0.3) is 0 Å². The van der Waals surface area contributed by atoms with Gasteiger partial charge >= 0.3 is 0 Å². The Bertz CT molecular complexity index is 226. The highest BCUT2D eigenvalue weighted by molar-refractivity contribution is 5.75. The zero-order valence-corrected chi connectivity index (χ0v) is 12.6. The van der Waals surface area contributed by atoms with Gasteiger partial charge in [-0.3, -0.25) is 4.79 Å². The standard InChI is InChI=1S/C14H30N2O2/c1-6-18-14(4,5)11-16-12(17)7-8-13(2,3)9-10-15/h6-11,15H2,1-5H3,(H,16,17). The Hall–Kier alpha value is -0.610. The number of nitrogens with two attached hydrogens (primary N) is 1. The number of ether oxygens (including phenoxy) is 1. The lowest BCUT2D eigenvalue weighted by atomic mass is 9.84. The van der Waals surface area contributed by atoms with Gasteiger partial charge in [-0.25, -0.2) is 0 Å². The fourth-order valence-electron chi connectivity index (χ4n) is 1.81. The minimum atomic E-state index is -0.294. The summed E-state index contributed by atoms with van der Waals surface area (Å²) in [6, 6.07) is 0. The van der Waals surface area contributed by atoms with Crippen LogP contribution in [0.4, 0.5) is 0 Å². The lowest BCUT2D eigenvalue weighted by Gasteiger charge is -2.26. The van der Waals surface area contributed by atoms with E-state index in [9.17, 15) is 4.79 Å². The number of nitrogens with one attached hydrogen (secondary N) is 1. The van der Waals surface area contributed by atoms with E-state index in [-0.39, 0.29) is 16.9 Å². The minimum absolute atomic E-state index is 0.0906. The number of rotatable bonds is 9. The molecule has 0 unspecified atom stereocenters. The molecule has 0 aromatic carbocycles. The van der Waals surface area contributed by atoms with Gasteiger partial charge in [-0.2, -0.15) is 0 Å². The van der Waals surface area contributed by atoms with Crippen molar-refractivity contribution in [2.24, 2.45) is 11.1 Å². The molecule has 0 aliphatic carbocycles. The first kappa shape index (κ1) is 17.4. The maximum atomic E-state index is 11.7. The van der Waals surface area contributed by atoms with Crippen LogP contribution in [-0.2, 0) is 9.53 Å². The topological polar surface area (TPSA) is 64.3 Å². The number of carbonyl (C=O) groups excluding carboxylic acids is 1. The fraction of sp³-hybridized carbons (Fsp3) is 0.929. The van der Waals surface area contributed by atoms with E-state index >= 15 is 0 Å². The van der Waals surface area contributed by atoms with Crippen molar-refractivity contribution >= 4 is 5.91 Å². The average molecular weight is 258 g/mol. The van der Waals surface area contributed by atoms with Gasteiger partial charge in [0.15, 0.2) is 0 Å². The molecule has 0 aliphatic heterocycles. The molecule has 4 heteroatoms. The summed E-state index contributed by atoms with van der Waals surface area (Å²) in [5, 5.41) is 2.93. The predicted octanol–water partition coefficient (Wildman–Crippen LogP) is 2.07. The minimum Gasteiger partial charge on any atom is -0.374 e. The molecule has 108 valence electrons. The van der Waals surface area contributed by atoms with Crippen molar-refractivity contribution in [2.45, 2.75) is 59.5 Å². The molecule has 0 aromatic heterocycles. The Labute approximate surface area is 112 Å². The van der Waals surface area contributed by atoms with Crippen molar-refractivity contribution in [1.82, 2.24) is 5.32 Å². The molecule has 0 heterocycles. The Balaban J connectivity index is 3.92. The summed E-state index contributed by atoms with van der Waals surface area (Å²) in [5.41, 5.74) is 5.40. The summed E-state index contributed by atoms with van der Waals surface area (Å²) >= 11 is 0. The fourth-order valence-corrected chi connectivity index (χ4v) is 1.81. The maximum absolute atomic E-state index is 11.7. The van der Waals surface area contributed by atoms with Crippen LogP contribution >= 0.6 is 0 Å². The second-order valence-corrected chi connectivity index (χ2v) is 6.17. The molecule has 0 atom stereocenters. The van der Waals surface area contributed by atoms with E-state index in [1.54, 1.807) is 0 Å². The van der Waals surface area contributed by atoms with Crippen LogP contribution < -0.4 is 11.1 Å². The second-order valence-electron chi connectivity index (χ2n) is 6.17. The number of amides is 1. The summed E-state index contributed by atoms with van der Waals surface area (Å²) in [4.78, 5) is 11.7. The lowest BCUT2D eigenvalue weighted by Crippen LogP contribution is -2.40. The molecule has 3 N–H and O–H groups in total. The third-order valence-electron chi connectivity index (χ3n) is 3.10. The molecule has 0 saturated carbocycles. The molecule has 4 nitrogen and oxygen atoms in total. The van der Waals surface area contributed by atoms with Crippen LogP contribution in [0.3, 0.4) is 0 Å². The van der Waals surface area contributed by atoms with E-state index in [0.717, 1.165) is 12.8 Å². The van der Waals surface area contributed by atoms with E-state index in [0.29, 0.717) is 26.1 Å². The molecular formula is C14H30N2O2. The van der Waals surface area contributed by atoms with Crippen LogP contribution in [0.2, 0.25) is 0 Å². The van der Waals surface area contributed by atoms with Crippen LogP contribution in [-0.4, -0.2) is 31.2 Å². The van der Waals surface area contributed by atoms with Crippen LogP contribution in [0.5, 0.6) is 0 Å². The Kier molecular flexibility index (Phi) is 7.48. The molecule has 0 bridgehead atoms. The van der Waals surface area contributed by atoms with Crippen molar-refractivity contribution < 1.29 is 9.53 Å². The summed E-state index contributed by atoms with van der Waals surface area (Å²) in [5.74, 6) is 0.0906. The molecule has 18 heavy (non-hydrogen) atoms. The van der Waals surface area contributed by atoms with Crippen molar-refractivity contribution in [3.05, 3.63) is 0 Å². The Morgan fingerprint density at radius 3 is 2.33 bits per heavy atom. The summed E-state index contributed by atoms with van der Waals surface area (Å²) in [7, 11) is 0. The molecule has 0 rings (SSSR count). The number of carbonyl (C=O) groups is 1. The van der Waals surface area contributed by atoms with Crippen LogP contribution in [0, 0.1) is 5.41 Å². The number of hydrogen-bond donors (Lipinski definition) is 2. The SMILES string of the molecule is CCOC(C)(C)CNC(=O)CCC(C)(C)CCN. The molecule has 0 aromatic rings. The van der Waals surface area contributed by atoms with Crippen molar-refractivity contribution in [1.29, 1.82) is 0 Å². The van der Waals surface area contributed by atoms with Crippen LogP contribution in [0.1, 0.15) is 53.9 Å². The third-order valence-corrected chi connectivity index (χ3v) is 3.10. The van der Waals surface area contributed by atoms with Gasteiger partial charge in [-0.15, -0.1) is 0 Å². The quantitative estimate of drug-likeness (QED) is 0.665. The summed E-state index contributed by atoms with van der Waals surface area (Å²) < 4.78 is 5.53. The molecule has 0 saturated heterocycles. The average Bonchev–Trinajstić information content (AvgIpc) is 2.24. The first-order valence-corrected chi connectivity index (χ1v) is 6.83. The zero-order chi connectivity index (χ0) is 14.2. The highest BCUT2D eigenvalue weighted by Gasteiger charge is 2.21. The molecule has 0 spiro atoms. The molecule has 0 fully saturated rings. The normalized spacial score (nSPS) is 12.6. The first-order valence-electron chi connectivity index (χ1n) is 6.83. The highest BCUT2D eigenvalue weighted by Crippen LogP contribution is 2.25. The Morgan fingerprint density at radius 2 is 1.83 bits per heavy atom. The van der Waals surface area contributed by atoms with Gasteiger partial charge in [-0.1, -0.05) is 13.8 Å². The first-order chi connectivity index (χ1) is 8.22. The molecule has 0 aliphatic rings. The summed E-state index contributed by atoms with van der Waals surface area (Å²) in [6.07, 6.45) is 2.37. The van der Waals surface area contributed by atoms with Gasteiger partial charge in [0.05, 0.1) is 5.60 Å². The zero-order valence-electron chi connectivity index (χ0n) is 12.6. The van der Waals surface area contributed by atoms with Gasteiger partial charge in [0.2, 0.25) is 5.91 Å². The van der Waals surface area contributed by atoms with Gasteiger partial charge in [0.1, 0.15) is 0 Å². The van der Waals surface area contributed by atoms with E-state index in [1.165, 1.54) is 0 Å². The van der Waals surface area contributed by atoms with Crippen LogP contribution in [0.15, 0.2) is 0 Å². The van der Waals surface area contributed by atoms with Crippen LogP contribution in [0.25, 0.3) is 0 Å². The lowest BCUT2D eigenvalue weighted by molar-refractivity contribution is -0.123. The van der Waals surface area contributed by atoms with Gasteiger partial charge in [0, 0.05) is 19.6 Å². The van der Waals surface area contributed by atoms with Crippen molar-refractivity contribution in [3.8, 4) is 0 Å². The molecule has 0 radical (unpaired) electrons. The third kappa shape index (κ3) is 8.48. The van der Waals surface area contributed by atoms with E-state index in [1.807, 2.05) is 20.8 Å². The molecule has 1 amide bonds. The van der Waals surface area contributed by atoms with Gasteiger partial charge < -0.3 is 15.8 Å². The maximum Gasteiger partial charge on any atom is 0.220 e. The molecular weight excluding hydrogens is 228 g/mol. The summed E-state index contributed by atoms with van der Waals surface area (Å²) in [6.45, 7) is 12.1. The van der Waals surface area contributed by atoms with Gasteiger partial charge in [-0.05, 0) is 45.6 Å². The van der Waals surface area contributed by atoms with E-state index in [4.69, 9.17) is 10.5 Å². The monoisotopic (exact) mass is 258 g/mol. The smallest absolute Gasteiger partial charge is 0.220 e. The Morgan fingerprint density at radius 1 is 1.22 bits per heavy atom. The largest absolute Gasteiger partial charge is 0.374 e. The second kappa shape index (κ2) is 7.74. The number of hydrogen-bond acceptors (Lipinski definition) is 3. The van der Waals surface area contributed by atoms with E-state index in [2.05, 4.69) is 19.2 Å². The van der Waals surface area contributed by atoms with E-state index < -0.39 is 0 Å². The van der Waals surface area contributed by atoms with Crippen molar-refractivity contribution in [3.63, 3.8) is 0 Å². The highest BCUT2D eigenvalue weighted by atomic mass is 16.5.